The van der Waals surface area contributed by atoms with Crippen LogP contribution in [0.2, 0.25) is 0 Å². The fourth-order valence-electron chi connectivity index (χ4n) is 2.87. The number of imide groups is 1. The number of amides is 2. The van der Waals surface area contributed by atoms with Gasteiger partial charge in [-0.1, -0.05) is 60.7 Å². The van der Waals surface area contributed by atoms with E-state index in [1.807, 2.05) is 61.6 Å². The van der Waals surface area contributed by atoms with Crippen LogP contribution < -0.4 is 0 Å². The maximum Gasteiger partial charge on any atom is 0.417 e. The van der Waals surface area contributed by atoms with Crippen molar-refractivity contribution in [1.82, 2.24) is 4.90 Å². The predicted octanol–water partition coefficient (Wildman–Crippen LogP) is 3.78. The monoisotopic (exact) mass is 309 g/mol. The van der Waals surface area contributed by atoms with Crippen LogP contribution in [-0.2, 0) is 9.53 Å². The molecule has 1 heterocycles. The molecule has 3 rings (SSSR count). The third-order valence-electron chi connectivity index (χ3n) is 4.14. The first-order chi connectivity index (χ1) is 11.2. The first-order valence-corrected chi connectivity index (χ1v) is 7.77. The molecule has 0 saturated carbocycles. The van der Waals surface area contributed by atoms with Crippen LogP contribution in [0, 0.1) is 5.92 Å². The van der Waals surface area contributed by atoms with Gasteiger partial charge < -0.3 is 4.74 Å². The molecule has 2 amide bonds. The predicted molar refractivity (Wildman–Crippen MR) is 87.5 cm³/mol. The number of hydrogen-bond donors (Lipinski definition) is 0. The van der Waals surface area contributed by atoms with Gasteiger partial charge in [-0.05, 0) is 24.8 Å². The molecule has 0 spiro atoms. The molecular formula is C19H19NO3. The van der Waals surface area contributed by atoms with Gasteiger partial charge in [0, 0.05) is 6.08 Å². The van der Waals surface area contributed by atoms with Crippen LogP contribution >= 0.6 is 0 Å². The van der Waals surface area contributed by atoms with Gasteiger partial charge in [0.05, 0.1) is 6.04 Å². The van der Waals surface area contributed by atoms with Crippen molar-refractivity contribution in [2.45, 2.75) is 25.5 Å². The summed E-state index contributed by atoms with van der Waals surface area (Å²) < 4.78 is 5.39. The normalized spacial score (nSPS) is 26.7. The molecule has 4 nitrogen and oxygen atoms in total. The molecule has 0 radical (unpaired) electrons. The van der Waals surface area contributed by atoms with Crippen LogP contribution in [0.5, 0.6) is 0 Å². The van der Waals surface area contributed by atoms with Crippen molar-refractivity contribution < 1.29 is 14.3 Å². The zero-order chi connectivity index (χ0) is 16.2. The number of hydrogen-bond acceptors (Lipinski definition) is 3. The number of carbonyl (C=O) groups excluding carboxylic acids is 2. The van der Waals surface area contributed by atoms with Crippen LogP contribution in [0.3, 0.4) is 0 Å². The van der Waals surface area contributed by atoms with E-state index in [0.29, 0.717) is 0 Å². The standard InChI is InChI=1S/C19H19NO3/c1-14-18(16-10-6-3-7-11-16)23-19(22)20(14)17(21)13-12-15-8-4-2-5-9-15/h2-8,10-15,18H,9H2,1H3/t14-,15?,18-/m1/s1. The summed E-state index contributed by atoms with van der Waals surface area (Å²) in [7, 11) is 0. The largest absolute Gasteiger partial charge is 0.439 e. The van der Waals surface area contributed by atoms with E-state index in [1.165, 1.54) is 11.0 Å². The van der Waals surface area contributed by atoms with Crippen molar-refractivity contribution in [1.29, 1.82) is 0 Å². The van der Waals surface area contributed by atoms with Gasteiger partial charge in [0.15, 0.2) is 0 Å². The number of carbonyl (C=O) groups is 2. The highest BCUT2D eigenvalue weighted by molar-refractivity contribution is 6.00. The minimum Gasteiger partial charge on any atom is -0.439 e. The summed E-state index contributed by atoms with van der Waals surface area (Å²) in [5.74, 6) is -0.133. The molecular weight excluding hydrogens is 290 g/mol. The molecule has 1 aliphatic heterocycles. The Labute approximate surface area is 135 Å². The molecule has 1 saturated heterocycles. The van der Waals surface area contributed by atoms with Gasteiger partial charge in [-0.25, -0.2) is 9.69 Å². The van der Waals surface area contributed by atoms with Gasteiger partial charge >= 0.3 is 6.09 Å². The quantitative estimate of drug-likeness (QED) is 0.798. The van der Waals surface area contributed by atoms with Crippen molar-refractivity contribution in [3.8, 4) is 0 Å². The number of rotatable bonds is 3. The van der Waals surface area contributed by atoms with Crippen LogP contribution in [0.15, 0.2) is 66.8 Å². The van der Waals surface area contributed by atoms with Crippen molar-refractivity contribution >= 4 is 12.0 Å². The van der Waals surface area contributed by atoms with Crippen LogP contribution in [0.4, 0.5) is 4.79 Å². The highest BCUT2D eigenvalue weighted by atomic mass is 16.6. The lowest BCUT2D eigenvalue weighted by Crippen LogP contribution is -2.36. The van der Waals surface area contributed by atoms with E-state index in [4.69, 9.17) is 4.74 Å². The summed E-state index contributed by atoms with van der Waals surface area (Å²) in [6, 6.07) is 9.16. The first kappa shape index (κ1) is 15.3. The Morgan fingerprint density at radius 1 is 1.26 bits per heavy atom. The SMILES string of the molecule is C[C@@H]1[C@H](c2ccccc2)OC(=O)N1C(=O)C=CC1C=CC=CC1. The number of nitrogens with zero attached hydrogens (tertiary/aromatic N) is 1. The molecule has 0 bridgehead atoms. The van der Waals surface area contributed by atoms with Gasteiger partial charge in [-0.3, -0.25) is 4.79 Å². The van der Waals surface area contributed by atoms with Gasteiger partial charge in [0.2, 0.25) is 0 Å². The maximum absolute atomic E-state index is 12.4. The molecule has 23 heavy (non-hydrogen) atoms. The summed E-state index contributed by atoms with van der Waals surface area (Å²) in [6.07, 6.45) is 11.2. The van der Waals surface area contributed by atoms with Gasteiger partial charge in [-0.15, -0.1) is 0 Å². The lowest BCUT2D eigenvalue weighted by molar-refractivity contribution is -0.124. The summed E-state index contributed by atoms with van der Waals surface area (Å²) in [5.41, 5.74) is 0.896. The molecule has 2 aliphatic rings. The van der Waals surface area contributed by atoms with E-state index in [-0.39, 0.29) is 17.9 Å². The smallest absolute Gasteiger partial charge is 0.417 e. The van der Waals surface area contributed by atoms with Crippen LogP contribution in [0.1, 0.15) is 25.0 Å². The zero-order valence-corrected chi connectivity index (χ0v) is 13.0. The van der Waals surface area contributed by atoms with E-state index in [1.54, 1.807) is 0 Å². The molecule has 1 aliphatic carbocycles. The van der Waals surface area contributed by atoms with Crippen molar-refractivity contribution in [3.05, 3.63) is 72.4 Å². The Hall–Kier alpha value is -2.62. The van der Waals surface area contributed by atoms with E-state index in [9.17, 15) is 9.59 Å². The summed E-state index contributed by atoms with van der Waals surface area (Å²) in [6.45, 7) is 1.83. The second-order valence-corrected chi connectivity index (χ2v) is 5.74. The van der Waals surface area contributed by atoms with Gasteiger partial charge in [0.1, 0.15) is 6.10 Å². The van der Waals surface area contributed by atoms with Gasteiger partial charge in [0.25, 0.3) is 5.91 Å². The minimum atomic E-state index is -0.583. The first-order valence-electron chi connectivity index (χ1n) is 7.77. The second kappa shape index (κ2) is 6.65. The highest BCUT2D eigenvalue weighted by Gasteiger charge is 2.42. The molecule has 4 heteroatoms. The molecule has 0 N–H and O–H groups in total. The van der Waals surface area contributed by atoms with Crippen molar-refractivity contribution in [2.24, 2.45) is 5.92 Å². The summed E-state index contributed by atoms with van der Waals surface area (Å²) in [5, 5.41) is 0. The van der Waals surface area contributed by atoms with E-state index < -0.39 is 12.2 Å². The molecule has 0 aromatic heterocycles. The Balaban J connectivity index is 1.71. The fourth-order valence-corrected chi connectivity index (χ4v) is 2.87. The lowest BCUT2D eigenvalue weighted by Gasteiger charge is -2.18. The average molecular weight is 309 g/mol. The molecule has 1 aromatic carbocycles. The Bertz CT molecular complexity index is 675. The third kappa shape index (κ3) is 3.26. The summed E-state index contributed by atoms with van der Waals surface area (Å²) >= 11 is 0. The van der Waals surface area contributed by atoms with Crippen LogP contribution in [-0.4, -0.2) is 22.9 Å². The lowest BCUT2D eigenvalue weighted by atomic mass is 10.00. The summed E-state index contributed by atoms with van der Waals surface area (Å²) in [4.78, 5) is 25.7. The number of cyclic esters (lactones) is 1. The second-order valence-electron chi connectivity index (χ2n) is 5.74. The van der Waals surface area contributed by atoms with E-state index in [0.717, 1.165) is 12.0 Å². The number of benzene rings is 1. The topological polar surface area (TPSA) is 46.6 Å². The Kier molecular flexibility index (Phi) is 4.42. The fraction of sp³-hybridized carbons (Fsp3) is 0.263. The Morgan fingerprint density at radius 2 is 2.04 bits per heavy atom. The average Bonchev–Trinajstić information content (AvgIpc) is 2.89. The van der Waals surface area contributed by atoms with E-state index >= 15 is 0 Å². The molecule has 1 aromatic rings. The van der Waals surface area contributed by atoms with Crippen molar-refractivity contribution in [3.63, 3.8) is 0 Å². The third-order valence-corrected chi connectivity index (χ3v) is 4.14. The van der Waals surface area contributed by atoms with Crippen molar-refractivity contribution in [2.75, 3.05) is 0 Å². The highest BCUT2D eigenvalue weighted by Crippen LogP contribution is 2.32. The number of allylic oxidation sites excluding steroid dienone is 5. The Morgan fingerprint density at radius 3 is 2.74 bits per heavy atom. The minimum absolute atomic E-state index is 0.197. The van der Waals surface area contributed by atoms with Gasteiger partial charge in [-0.2, -0.15) is 0 Å². The van der Waals surface area contributed by atoms with Crippen LogP contribution in [0.25, 0.3) is 0 Å². The maximum atomic E-state index is 12.4. The van der Waals surface area contributed by atoms with E-state index in [2.05, 4.69) is 6.08 Å². The molecule has 118 valence electrons. The molecule has 3 atom stereocenters. The zero-order valence-electron chi connectivity index (χ0n) is 13.0. The number of ether oxygens (including phenoxy) is 1. The molecule has 1 unspecified atom stereocenters. The molecule has 1 fully saturated rings.